The van der Waals surface area contributed by atoms with Crippen LogP contribution in [0.15, 0.2) is 35.4 Å². The van der Waals surface area contributed by atoms with Gasteiger partial charge in [-0.3, -0.25) is 4.79 Å². The number of nitrogens with zero attached hydrogens (tertiary/aromatic N) is 2. The number of rotatable bonds is 4. The Morgan fingerprint density at radius 1 is 1.24 bits per heavy atom. The minimum atomic E-state index is -0.437. The first-order valence-electron chi connectivity index (χ1n) is 8.83. The van der Waals surface area contributed by atoms with Gasteiger partial charge >= 0.3 is 0 Å². The van der Waals surface area contributed by atoms with E-state index in [1.165, 1.54) is 61.7 Å². The standard InChI is InChI=1S/C20H24FN3O/c1-14-11-17(15(2)24(14)19-9-4-3-5-10-19)13-22-23-20(25)16-7-6-8-18(21)12-16/h6-8,11-13,19H,3-5,9-10H2,1-2H3,(H,23,25)/b22-13-. The quantitative estimate of drug-likeness (QED) is 0.645. The number of nitrogens with one attached hydrogen (secondary N) is 1. The number of carbonyl (C=O) groups excluding carboxylic acids is 1. The van der Waals surface area contributed by atoms with Gasteiger partial charge in [-0.05, 0) is 51.0 Å². The molecular formula is C20H24FN3O. The lowest BCUT2D eigenvalue weighted by Crippen LogP contribution is -2.18. The number of halogens is 1. The Labute approximate surface area is 147 Å². The summed E-state index contributed by atoms with van der Waals surface area (Å²) in [6.07, 6.45) is 8.02. The third-order valence-corrected chi connectivity index (χ3v) is 4.92. The lowest BCUT2D eigenvalue weighted by molar-refractivity contribution is 0.0954. The van der Waals surface area contributed by atoms with E-state index in [1.54, 1.807) is 12.3 Å². The third-order valence-electron chi connectivity index (χ3n) is 4.92. The Morgan fingerprint density at radius 3 is 2.72 bits per heavy atom. The normalized spacial score (nSPS) is 15.6. The second kappa shape index (κ2) is 7.64. The average molecular weight is 341 g/mol. The van der Waals surface area contributed by atoms with Gasteiger partial charge in [-0.1, -0.05) is 25.3 Å². The van der Waals surface area contributed by atoms with E-state index in [4.69, 9.17) is 0 Å². The zero-order valence-corrected chi connectivity index (χ0v) is 14.8. The van der Waals surface area contributed by atoms with E-state index in [-0.39, 0.29) is 5.56 Å². The molecule has 1 aromatic heterocycles. The minimum absolute atomic E-state index is 0.254. The Morgan fingerprint density at radius 2 is 2.00 bits per heavy atom. The highest BCUT2D eigenvalue weighted by atomic mass is 19.1. The molecule has 4 nitrogen and oxygen atoms in total. The number of hydrogen-bond donors (Lipinski definition) is 1. The van der Waals surface area contributed by atoms with Crippen molar-refractivity contribution in [2.45, 2.75) is 52.0 Å². The van der Waals surface area contributed by atoms with Crippen LogP contribution in [0.3, 0.4) is 0 Å². The maximum Gasteiger partial charge on any atom is 0.271 e. The zero-order chi connectivity index (χ0) is 17.8. The van der Waals surface area contributed by atoms with Crippen molar-refractivity contribution in [3.63, 3.8) is 0 Å². The zero-order valence-electron chi connectivity index (χ0n) is 14.8. The van der Waals surface area contributed by atoms with Crippen molar-refractivity contribution in [1.29, 1.82) is 0 Å². The van der Waals surface area contributed by atoms with Crippen LogP contribution < -0.4 is 5.43 Å². The largest absolute Gasteiger partial charge is 0.345 e. The van der Waals surface area contributed by atoms with Gasteiger partial charge in [-0.15, -0.1) is 0 Å². The molecule has 1 aliphatic carbocycles. The fourth-order valence-corrected chi connectivity index (χ4v) is 3.69. The number of aromatic nitrogens is 1. The van der Waals surface area contributed by atoms with Gasteiger partial charge in [0.25, 0.3) is 5.91 Å². The summed E-state index contributed by atoms with van der Waals surface area (Å²) < 4.78 is 15.6. The summed E-state index contributed by atoms with van der Waals surface area (Å²) in [5, 5.41) is 4.05. The van der Waals surface area contributed by atoms with E-state index >= 15 is 0 Å². The highest BCUT2D eigenvalue weighted by molar-refractivity contribution is 5.94. The average Bonchev–Trinajstić information content (AvgIpc) is 2.89. The van der Waals surface area contributed by atoms with Crippen LogP contribution in [0.1, 0.15) is 65.5 Å². The van der Waals surface area contributed by atoms with Gasteiger partial charge < -0.3 is 4.57 Å². The lowest BCUT2D eigenvalue weighted by atomic mass is 9.95. The van der Waals surface area contributed by atoms with Gasteiger partial charge in [0, 0.05) is 28.6 Å². The van der Waals surface area contributed by atoms with Crippen molar-refractivity contribution in [2.75, 3.05) is 0 Å². The van der Waals surface area contributed by atoms with Crippen LogP contribution in [0.5, 0.6) is 0 Å². The van der Waals surface area contributed by atoms with E-state index in [1.807, 2.05) is 0 Å². The lowest BCUT2D eigenvalue weighted by Gasteiger charge is -2.26. The molecule has 0 saturated heterocycles. The fourth-order valence-electron chi connectivity index (χ4n) is 3.69. The topological polar surface area (TPSA) is 46.4 Å². The Bertz CT molecular complexity index is 788. The van der Waals surface area contributed by atoms with Crippen molar-refractivity contribution in [1.82, 2.24) is 9.99 Å². The van der Waals surface area contributed by atoms with Crippen LogP contribution in [0.2, 0.25) is 0 Å². The van der Waals surface area contributed by atoms with Crippen LogP contribution in [0.4, 0.5) is 4.39 Å². The number of carbonyl (C=O) groups is 1. The second-order valence-electron chi connectivity index (χ2n) is 6.70. The molecule has 0 atom stereocenters. The Hall–Kier alpha value is -2.43. The van der Waals surface area contributed by atoms with Crippen LogP contribution in [0.25, 0.3) is 0 Å². The van der Waals surface area contributed by atoms with Crippen LogP contribution >= 0.6 is 0 Å². The van der Waals surface area contributed by atoms with E-state index in [0.29, 0.717) is 6.04 Å². The molecule has 5 heteroatoms. The van der Waals surface area contributed by atoms with Crippen LogP contribution in [-0.2, 0) is 0 Å². The molecule has 1 aliphatic rings. The Kier molecular flexibility index (Phi) is 5.31. The van der Waals surface area contributed by atoms with Gasteiger partial charge in [0.15, 0.2) is 0 Å². The molecule has 1 N–H and O–H groups in total. The molecule has 1 amide bonds. The number of aryl methyl sites for hydroxylation is 1. The summed E-state index contributed by atoms with van der Waals surface area (Å²) in [7, 11) is 0. The molecule has 2 aromatic rings. The second-order valence-corrected chi connectivity index (χ2v) is 6.70. The molecule has 0 unspecified atom stereocenters. The molecule has 1 heterocycles. The summed E-state index contributed by atoms with van der Waals surface area (Å²) in [6.45, 7) is 4.21. The van der Waals surface area contributed by atoms with Gasteiger partial charge in [0.1, 0.15) is 5.82 Å². The predicted octanol–water partition coefficient (Wildman–Crippen LogP) is 4.51. The summed E-state index contributed by atoms with van der Waals surface area (Å²) in [5.74, 6) is -0.857. The first kappa shape index (κ1) is 17.4. The number of hydrazone groups is 1. The van der Waals surface area contributed by atoms with Crippen LogP contribution in [-0.4, -0.2) is 16.7 Å². The molecule has 1 saturated carbocycles. The summed E-state index contributed by atoms with van der Waals surface area (Å²) in [5.41, 5.74) is 6.12. The van der Waals surface area contributed by atoms with Crippen LogP contribution in [0, 0.1) is 19.7 Å². The van der Waals surface area contributed by atoms with E-state index < -0.39 is 11.7 Å². The molecule has 25 heavy (non-hydrogen) atoms. The number of amides is 1. The minimum Gasteiger partial charge on any atom is -0.345 e. The molecule has 0 bridgehead atoms. The molecule has 3 rings (SSSR count). The van der Waals surface area contributed by atoms with Crippen molar-refractivity contribution in [3.8, 4) is 0 Å². The monoisotopic (exact) mass is 341 g/mol. The SMILES string of the molecule is Cc1cc(/C=N\NC(=O)c2cccc(F)c2)c(C)n1C1CCCCC1. The maximum atomic E-state index is 13.2. The predicted molar refractivity (Wildman–Crippen MR) is 97.5 cm³/mol. The summed E-state index contributed by atoms with van der Waals surface area (Å²) >= 11 is 0. The molecule has 0 spiro atoms. The van der Waals surface area contributed by atoms with Gasteiger partial charge in [0.2, 0.25) is 0 Å². The molecule has 1 fully saturated rings. The molecule has 0 radical (unpaired) electrons. The third kappa shape index (κ3) is 3.98. The van der Waals surface area contributed by atoms with Crippen molar-refractivity contribution >= 4 is 12.1 Å². The highest BCUT2D eigenvalue weighted by Crippen LogP contribution is 2.31. The van der Waals surface area contributed by atoms with Gasteiger partial charge in [0.05, 0.1) is 6.21 Å². The smallest absolute Gasteiger partial charge is 0.271 e. The van der Waals surface area contributed by atoms with Crippen molar-refractivity contribution in [3.05, 3.63) is 58.7 Å². The van der Waals surface area contributed by atoms with Crippen molar-refractivity contribution < 1.29 is 9.18 Å². The molecule has 1 aromatic carbocycles. The maximum absolute atomic E-state index is 13.2. The van der Waals surface area contributed by atoms with E-state index in [0.717, 1.165) is 5.56 Å². The Balaban J connectivity index is 1.70. The van der Waals surface area contributed by atoms with E-state index in [9.17, 15) is 9.18 Å². The first-order chi connectivity index (χ1) is 12.1. The summed E-state index contributed by atoms with van der Waals surface area (Å²) in [6, 6.07) is 8.23. The van der Waals surface area contributed by atoms with Gasteiger partial charge in [-0.25, -0.2) is 9.82 Å². The highest BCUT2D eigenvalue weighted by Gasteiger charge is 2.19. The molecule has 132 valence electrons. The summed E-state index contributed by atoms with van der Waals surface area (Å²) in [4.78, 5) is 12.0. The van der Waals surface area contributed by atoms with Gasteiger partial charge in [-0.2, -0.15) is 5.10 Å². The number of benzene rings is 1. The molecule has 0 aliphatic heterocycles. The first-order valence-corrected chi connectivity index (χ1v) is 8.83. The number of hydrogen-bond acceptors (Lipinski definition) is 2. The fraction of sp³-hybridized carbons (Fsp3) is 0.400. The van der Waals surface area contributed by atoms with Crippen molar-refractivity contribution in [2.24, 2.45) is 5.10 Å². The van der Waals surface area contributed by atoms with E-state index in [2.05, 4.69) is 35.0 Å². The molecular weight excluding hydrogens is 317 g/mol.